The largest absolute Gasteiger partial charge is 0.493 e. The molecule has 0 saturated carbocycles. The molecule has 0 atom stereocenters. The Morgan fingerprint density at radius 2 is 1.74 bits per heavy atom. The van der Waals surface area contributed by atoms with Crippen molar-refractivity contribution < 1.29 is 32.2 Å². The van der Waals surface area contributed by atoms with Crippen LogP contribution in [0.2, 0.25) is 0 Å². The number of alkyl halides is 3. The number of nitrogens with zero attached hydrogens (tertiary/aromatic N) is 2. The molecule has 39 heavy (non-hydrogen) atoms. The first kappa shape index (κ1) is 28.3. The number of morpholine rings is 1. The molecule has 0 bridgehead atoms. The Labute approximate surface area is 226 Å². The first-order chi connectivity index (χ1) is 18.8. The maximum Gasteiger partial charge on any atom is 0.416 e. The molecular formula is C29H32F3N3O4. The molecule has 1 aliphatic heterocycles. The Hall–Kier alpha value is -3.76. The first-order valence-electron chi connectivity index (χ1n) is 12.7. The smallest absolute Gasteiger partial charge is 0.416 e. The summed E-state index contributed by atoms with van der Waals surface area (Å²) in [5.41, 5.74) is 1.04. The summed E-state index contributed by atoms with van der Waals surface area (Å²) in [6.45, 7) is 4.29. The van der Waals surface area contributed by atoms with Gasteiger partial charge in [-0.3, -0.25) is 4.90 Å². The molecule has 208 valence electrons. The summed E-state index contributed by atoms with van der Waals surface area (Å²) in [6.07, 6.45) is -4.50. The van der Waals surface area contributed by atoms with Crippen molar-refractivity contribution in [3.8, 4) is 11.5 Å². The van der Waals surface area contributed by atoms with Gasteiger partial charge in [-0.25, -0.2) is 4.79 Å². The SMILES string of the molecule is COc1ccc(CN(CCN2CCOCC2)C(=O)Nc2cccc(C(F)(F)F)c2)cc1OCc1ccccc1. The fraction of sp³-hybridized carbons (Fsp3) is 0.345. The summed E-state index contributed by atoms with van der Waals surface area (Å²) in [5, 5.41) is 2.63. The molecule has 0 spiro atoms. The van der Waals surface area contributed by atoms with E-state index < -0.39 is 17.8 Å². The van der Waals surface area contributed by atoms with Crippen LogP contribution in [-0.2, 0) is 24.1 Å². The van der Waals surface area contributed by atoms with Gasteiger partial charge in [0.05, 0.1) is 25.9 Å². The normalized spacial score (nSPS) is 14.1. The first-order valence-corrected chi connectivity index (χ1v) is 12.7. The summed E-state index contributed by atoms with van der Waals surface area (Å²) in [6, 6.07) is 19.3. The van der Waals surface area contributed by atoms with Crippen LogP contribution in [0.5, 0.6) is 11.5 Å². The van der Waals surface area contributed by atoms with E-state index in [-0.39, 0.29) is 12.2 Å². The zero-order valence-electron chi connectivity index (χ0n) is 21.7. The molecule has 3 aromatic carbocycles. The van der Waals surface area contributed by atoms with Crippen molar-refractivity contribution in [2.24, 2.45) is 0 Å². The molecule has 7 nitrogen and oxygen atoms in total. The van der Waals surface area contributed by atoms with Gasteiger partial charge in [-0.15, -0.1) is 0 Å². The molecule has 0 radical (unpaired) electrons. The lowest BCUT2D eigenvalue weighted by atomic mass is 10.1. The molecule has 3 aromatic rings. The van der Waals surface area contributed by atoms with Gasteiger partial charge < -0.3 is 24.4 Å². The van der Waals surface area contributed by atoms with E-state index in [1.807, 2.05) is 42.5 Å². The van der Waals surface area contributed by atoms with Crippen molar-refractivity contribution in [2.75, 3.05) is 51.8 Å². The number of carbonyl (C=O) groups excluding carboxylic acids is 1. The molecule has 0 aromatic heterocycles. The number of halogens is 3. The summed E-state index contributed by atoms with van der Waals surface area (Å²) < 4.78 is 56.4. The van der Waals surface area contributed by atoms with Crippen molar-refractivity contribution in [3.63, 3.8) is 0 Å². The van der Waals surface area contributed by atoms with E-state index in [1.165, 1.54) is 12.1 Å². The van der Waals surface area contributed by atoms with Gasteiger partial charge in [0.2, 0.25) is 0 Å². The third kappa shape index (κ3) is 8.36. The number of urea groups is 1. The minimum Gasteiger partial charge on any atom is -0.493 e. The van der Waals surface area contributed by atoms with Crippen LogP contribution in [0.1, 0.15) is 16.7 Å². The van der Waals surface area contributed by atoms with Crippen LogP contribution in [0, 0.1) is 0 Å². The third-order valence-electron chi connectivity index (χ3n) is 6.36. The molecule has 2 amide bonds. The summed E-state index contributed by atoms with van der Waals surface area (Å²) in [7, 11) is 1.56. The van der Waals surface area contributed by atoms with Crippen LogP contribution in [-0.4, -0.2) is 62.3 Å². The second-order valence-electron chi connectivity index (χ2n) is 9.14. The van der Waals surface area contributed by atoms with Gasteiger partial charge in [-0.05, 0) is 41.5 Å². The van der Waals surface area contributed by atoms with Crippen LogP contribution < -0.4 is 14.8 Å². The number of hydrogen-bond donors (Lipinski definition) is 1. The third-order valence-corrected chi connectivity index (χ3v) is 6.36. The lowest BCUT2D eigenvalue weighted by Crippen LogP contribution is -2.44. The monoisotopic (exact) mass is 543 g/mol. The van der Waals surface area contributed by atoms with Crippen LogP contribution in [0.3, 0.4) is 0 Å². The highest BCUT2D eigenvalue weighted by atomic mass is 19.4. The van der Waals surface area contributed by atoms with E-state index in [0.29, 0.717) is 44.4 Å². The Balaban J connectivity index is 1.50. The molecule has 1 heterocycles. The van der Waals surface area contributed by atoms with Crippen LogP contribution in [0.4, 0.5) is 23.7 Å². The average Bonchev–Trinajstić information content (AvgIpc) is 2.95. The highest BCUT2D eigenvalue weighted by Crippen LogP contribution is 2.31. The molecule has 0 unspecified atom stereocenters. The molecule has 10 heteroatoms. The number of amides is 2. The molecule has 4 rings (SSSR count). The number of rotatable bonds is 10. The molecule has 1 fully saturated rings. The van der Waals surface area contributed by atoms with Gasteiger partial charge in [0.15, 0.2) is 11.5 Å². The maximum absolute atomic E-state index is 13.3. The number of nitrogens with one attached hydrogen (secondary N) is 1. The molecular weight excluding hydrogens is 511 g/mol. The Kier molecular flexibility index (Phi) is 9.67. The van der Waals surface area contributed by atoms with Crippen molar-refractivity contribution in [1.82, 2.24) is 9.80 Å². The standard InChI is InChI=1S/C29H32F3N3O4/c1-37-26-11-10-23(18-27(26)39-21-22-6-3-2-4-7-22)20-35(13-12-34-14-16-38-17-15-34)28(36)33-25-9-5-8-24(19-25)29(30,31)32/h2-11,18-19H,12-17,20-21H2,1H3,(H,33,36). The summed E-state index contributed by atoms with van der Waals surface area (Å²) in [5.74, 6) is 1.09. The number of ether oxygens (including phenoxy) is 3. The minimum atomic E-state index is -4.50. The predicted molar refractivity (Wildman–Crippen MR) is 142 cm³/mol. The topological polar surface area (TPSA) is 63.3 Å². The molecule has 1 saturated heterocycles. The fourth-order valence-corrected chi connectivity index (χ4v) is 4.20. The maximum atomic E-state index is 13.3. The van der Waals surface area contributed by atoms with Gasteiger partial charge in [-0.2, -0.15) is 13.2 Å². The number of anilines is 1. The fourth-order valence-electron chi connectivity index (χ4n) is 4.20. The van der Waals surface area contributed by atoms with Crippen molar-refractivity contribution in [2.45, 2.75) is 19.3 Å². The predicted octanol–water partition coefficient (Wildman–Crippen LogP) is 5.66. The van der Waals surface area contributed by atoms with Crippen molar-refractivity contribution in [1.29, 1.82) is 0 Å². The van der Waals surface area contributed by atoms with Crippen LogP contribution in [0.15, 0.2) is 72.8 Å². The van der Waals surface area contributed by atoms with Crippen molar-refractivity contribution in [3.05, 3.63) is 89.5 Å². The average molecular weight is 544 g/mol. The second kappa shape index (κ2) is 13.3. The number of methoxy groups -OCH3 is 1. The minimum absolute atomic E-state index is 0.0767. The van der Waals surface area contributed by atoms with Gasteiger partial charge in [0, 0.05) is 38.4 Å². The number of hydrogen-bond acceptors (Lipinski definition) is 5. The van der Waals surface area contributed by atoms with Gasteiger partial charge in [0.1, 0.15) is 6.61 Å². The van der Waals surface area contributed by atoms with E-state index in [4.69, 9.17) is 14.2 Å². The lowest BCUT2D eigenvalue weighted by molar-refractivity contribution is -0.137. The Bertz CT molecular complexity index is 1220. The number of carbonyl (C=O) groups is 1. The molecule has 1 aliphatic rings. The van der Waals surface area contributed by atoms with E-state index in [0.717, 1.165) is 36.3 Å². The van der Waals surface area contributed by atoms with E-state index in [2.05, 4.69) is 10.2 Å². The molecule has 0 aliphatic carbocycles. The quantitative estimate of drug-likeness (QED) is 0.358. The summed E-state index contributed by atoms with van der Waals surface area (Å²) >= 11 is 0. The van der Waals surface area contributed by atoms with Crippen LogP contribution in [0.25, 0.3) is 0 Å². The molecule has 1 N–H and O–H groups in total. The van der Waals surface area contributed by atoms with Gasteiger partial charge >= 0.3 is 12.2 Å². The van der Waals surface area contributed by atoms with Crippen molar-refractivity contribution >= 4 is 11.7 Å². The van der Waals surface area contributed by atoms with Gasteiger partial charge in [0.25, 0.3) is 0 Å². The van der Waals surface area contributed by atoms with E-state index >= 15 is 0 Å². The second-order valence-corrected chi connectivity index (χ2v) is 9.14. The highest BCUT2D eigenvalue weighted by Gasteiger charge is 2.30. The highest BCUT2D eigenvalue weighted by molar-refractivity contribution is 5.89. The zero-order valence-corrected chi connectivity index (χ0v) is 21.7. The van der Waals surface area contributed by atoms with E-state index in [1.54, 1.807) is 18.1 Å². The van der Waals surface area contributed by atoms with Gasteiger partial charge in [-0.1, -0.05) is 42.5 Å². The zero-order chi connectivity index (χ0) is 27.7. The van der Waals surface area contributed by atoms with E-state index in [9.17, 15) is 18.0 Å². The van der Waals surface area contributed by atoms with Crippen LogP contribution >= 0.6 is 0 Å². The number of benzene rings is 3. The Morgan fingerprint density at radius 3 is 2.46 bits per heavy atom. The summed E-state index contributed by atoms with van der Waals surface area (Å²) in [4.78, 5) is 17.1. The lowest BCUT2D eigenvalue weighted by Gasteiger charge is -2.30. The Morgan fingerprint density at radius 1 is 0.974 bits per heavy atom.